The summed E-state index contributed by atoms with van der Waals surface area (Å²) < 4.78 is 26.1. The number of hydrogen-bond acceptors (Lipinski definition) is 2. The van der Waals surface area contributed by atoms with Gasteiger partial charge < -0.3 is 5.73 Å². The van der Waals surface area contributed by atoms with Crippen LogP contribution in [0.15, 0.2) is 0 Å². The Hall–Kier alpha value is -0.970. The van der Waals surface area contributed by atoms with Gasteiger partial charge in [0.2, 0.25) is 5.92 Å². The molecule has 16 heavy (non-hydrogen) atoms. The molecule has 0 unspecified atom stereocenters. The van der Waals surface area contributed by atoms with Crippen molar-refractivity contribution >= 4 is 0 Å². The van der Waals surface area contributed by atoms with Crippen LogP contribution in [-0.2, 0) is 18.3 Å². The summed E-state index contributed by atoms with van der Waals surface area (Å²) in [6.07, 6.45) is 2.74. The second-order valence-corrected chi connectivity index (χ2v) is 5.08. The fourth-order valence-electron chi connectivity index (χ4n) is 3.10. The highest BCUT2D eigenvalue weighted by Gasteiger charge is 2.58. The number of aryl methyl sites for hydroxylation is 1. The molecule has 0 saturated heterocycles. The molecule has 0 bridgehead atoms. The van der Waals surface area contributed by atoms with E-state index in [0.717, 1.165) is 36.2 Å². The topological polar surface area (TPSA) is 54.7 Å². The van der Waals surface area contributed by atoms with Gasteiger partial charge in [-0.05, 0) is 24.8 Å². The quantitative estimate of drug-likeness (QED) is 0.805. The minimum Gasteiger partial charge on any atom is -0.330 e. The zero-order chi connectivity index (χ0) is 11.4. The molecule has 3 N–H and O–H groups in total. The Morgan fingerprint density at radius 1 is 1.31 bits per heavy atom. The van der Waals surface area contributed by atoms with Gasteiger partial charge >= 0.3 is 0 Å². The van der Waals surface area contributed by atoms with Crippen molar-refractivity contribution in [2.45, 2.75) is 43.4 Å². The SMILES string of the molecule is NCC1(c2n[nH]c3c2CCC3)CC(F)(F)C1. The molecule has 1 saturated carbocycles. The number of aromatic nitrogens is 2. The van der Waals surface area contributed by atoms with Crippen molar-refractivity contribution in [3.63, 3.8) is 0 Å². The minimum atomic E-state index is -2.55. The number of rotatable bonds is 2. The maximum atomic E-state index is 13.1. The highest BCUT2D eigenvalue weighted by Crippen LogP contribution is 2.53. The fourth-order valence-corrected chi connectivity index (χ4v) is 3.10. The first-order valence-corrected chi connectivity index (χ1v) is 5.71. The average Bonchev–Trinajstić information content (AvgIpc) is 2.73. The van der Waals surface area contributed by atoms with E-state index >= 15 is 0 Å². The van der Waals surface area contributed by atoms with Gasteiger partial charge in [0.05, 0.1) is 5.69 Å². The van der Waals surface area contributed by atoms with Gasteiger partial charge in [0.1, 0.15) is 0 Å². The van der Waals surface area contributed by atoms with Crippen LogP contribution in [0.1, 0.15) is 36.2 Å². The molecule has 0 aliphatic heterocycles. The highest BCUT2D eigenvalue weighted by molar-refractivity contribution is 5.38. The molecular weight excluding hydrogens is 212 g/mol. The Bertz CT molecular complexity index is 417. The third-order valence-electron chi connectivity index (χ3n) is 3.89. The Morgan fingerprint density at radius 3 is 2.69 bits per heavy atom. The zero-order valence-electron chi connectivity index (χ0n) is 9.02. The number of nitrogens with zero attached hydrogens (tertiary/aromatic N) is 1. The van der Waals surface area contributed by atoms with Crippen molar-refractivity contribution in [1.29, 1.82) is 0 Å². The Labute approximate surface area is 92.4 Å². The number of aromatic amines is 1. The number of alkyl halides is 2. The lowest BCUT2D eigenvalue weighted by Gasteiger charge is -2.46. The van der Waals surface area contributed by atoms with Gasteiger partial charge in [-0.1, -0.05) is 0 Å². The number of H-pyrrole nitrogens is 1. The van der Waals surface area contributed by atoms with E-state index in [2.05, 4.69) is 10.2 Å². The van der Waals surface area contributed by atoms with Gasteiger partial charge in [0.15, 0.2) is 0 Å². The molecule has 0 spiro atoms. The predicted octanol–water partition coefficient (Wildman–Crippen LogP) is 1.52. The molecule has 0 atom stereocenters. The molecule has 1 fully saturated rings. The predicted molar refractivity (Wildman–Crippen MR) is 55.5 cm³/mol. The van der Waals surface area contributed by atoms with Crippen LogP contribution in [0.25, 0.3) is 0 Å². The van der Waals surface area contributed by atoms with Crippen LogP contribution in [0.4, 0.5) is 8.78 Å². The van der Waals surface area contributed by atoms with Gasteiger partial charge in [-0.2, -0.15) is 5.10 Å². The largest absolute Gasteiger partial charge is 0.330 e. The molecule has 2 aliphatic carbocycles. The smallest absolute Gasteiger partial charge is 0.250 e. The molecule has 1 heterocycles. The van der Waals surface area contributed by atoms with Crippen LogP contribution in [0.3, 0.4) is 0 Å². The molecule has 88 valence electrons. The number of hydrogen-bond donors (Lipinski definition) is 2. The summed E-state index contributed by atoms with van der Waals surface area (Å²) in [6, 6.07) is 0. The second kappa shape index (κ2) is 3.03. The molecule has 1 aromatic rings. The third kappa shape index (κ3) is 1.24. The summed E-state index contributed by atoms with van der Waals surface area (Å²) in [7, 11) is 0. The van der Waals surface area contributed by atoms with Crippen molar-refractivity contribution in [3.05, 3.63) is 17.0 Å². The van der Waals surface area contributed by atoms with Crippen molar-refractivity contribution in [2.75, 3.05) is 6.54 Å². The second-order valence-electron chi connectivity index (χ2n) is 5.08. The van der Waals surface area contributed by atoms with Gasteiger partial charge in [0.25, 0.3) is 0 Å². The fraction of sp³-hybridized carbons (Fsp3) is 0.727. The summed E-state index contributed by atoms with van der Waals surface area (Å²) in [6.45, 7) is 0.264. The van der Waals surface area contributed by atoms with Crippen molar-refractivity contribution in [1.82, 2.24) is 10.2 Å². The van der Waals surface area contributed by atoms with Gasteiger partial charge in [-0.3, -0.25) is 5.10 Å². The molecule has 5 heteroatoms. The molecule has 0 amide bonds. The maximum absolute atomic E-state index is 13.1. The Kier molecular flexibility index (Phi) is 1.93. The van der Waals surface area contributed by atoms with Gasteiger partial charge in [0, 0.05) is 30.5 Å². The first-order chi connectivity index (χ1) is 7.56. The van der Waals surface area contributed by atoms with Crippen LogP contribution < -0.4 is 5.73 Å². The molecule has 0 aromatic carbocycles. The number of fused-ring (bicyclic) bond motifs is 1. The minimum absolute atomic E-state index is 0.145. The molecule has 1 aromatic heterocycles. The summed E-state index contributed by atoms with van der Waals surface area (Å²) >= 11 is 0. The van der Waals surface area contributed by atoms with E-state index in [1.165, 1.54) is 0 Å². The number of nitrogens with two attached hydrogens (primary N) is 1. The van der Waals surface area contributed by atoms with Crippen LogP contribution >= 0.6 is 0 Å². The Balaban J connectivity index is 1.97. The van der Waals surface area contributed by atoms with Crippen molar-refractivity contribution in [2.24, 2.45) is 5.73 Å². The van der Waals surface area contributed by atoms with E-state index in [-0.39, 0.29) is 19.4 Å². The van der Waals surface area contributed by atoms with E-state index in [4.69, 9.17) is 5.73 Å². The van der Waals surface area contributed by atoms with Crippen molar-refractivity contribution < 1.29 is 8.78 Å². The summed E-state index contributed by atoms with van der Waals surface area (Å²) in [5, 5.41) is 7.20. The summed E-state index contributed by atoms with van der Waals surface area (Å²) in [5.41, 5.74) is 8.21. The normalized spacial score (nSPS) is 25.2. The van der Waals surface area contributed by atoms with E-state index in [1.807, 2.05) is 0 Å². The molecule has 3 nitrogen and oxygen atoms in total. The van der Waals surface area contributed by atoms with Crippen LogP contribution in [0.2, 0.25) is 0 Å². The van der Waals surface area contributed by atoms with E-state index in [9.17, 15) is 8.78 Å². The van der Waals surface area contributed by atoms with Crippen molar-refractivity contribution in [3.8, 4) is 0 Å². The lowest BCUT2D eigenvalue weighted by atomic mass is 9.63. The average molecular weight is 227 g/mol. The number of halogens is 2. The monoisotopic (exact) mass is 227 g/mol. The molecule has 0 radical (unpaired) electrons. The molecular formula is C11H15F2N3. The summed E-state index contributed by atoms with van der Waals surface area (Å²) in [5.74, 6) is -2.55. The van der Waals surface area contributed by atoms with E-state index in [0.29, 0.717) is 0 Å². The van der Waals surface area contributed by atoms with Gasteiger partial charge in [-0.25, -0.2) is 8.78 Å². The Morgan fingerprint density at radius 2 is 2.06 bits per heavy atom. The van der Waals surface area contributed by atoms with Crippen LogP contribution in [0.5, 0.6) is 0 Å². The van der Waals surface area contributed by atoms with Crippen LogP contribution in [0, 0.1) is 0 Å². The molecule has 2 aliphatic rings. The number of nitrogens with one attached hydrogen (secondary N) is 1. The summed E-state index contributed by atoms with van der Waals surface area (Å²) in [4.78, 5) is 0. The van der Waals surface area contributed by atoms with E-state index < -0.39 is 11.3 Å². The zero-order valence-corrected chi connectivity index (χ0v) is 9.02. The first-order valence-electron chi connectivity index (χ1n) is 5.71. The van der Waals surface area contributed by atoms with Crippen LogP contribution in [-0.4, -0.2) is 22.7 Å². The third-order valence-corrected chi connectivity index (χ3v) is 3.89. The van der Waals surface area contributed by atoms with E-state index in [1.54, 1.807) is 0 Å². The lowest BCUT2D eigenvalue weighted by Crippen LogP contribution is -2.54. The maximum Gasteiger partial charge on any atom is 0.250 e. The lowest BCUT2D eigenvalue weighted by molar-refractivity contribution is -0.125. The first kappa shape index (κ1) is 10.2. The standard InChI is InChI=1S/C11H15F2N3/c12-11(13)4-10(5-11,6-14)9-7-2-1-3-8(7)15-16-9/h1-6,14H2,(H,15,16). The molecule has 3 rings (SSSR count). The van der Waals surface area contributed by atoms with Gasteiger partial charge in [-0.15, -0.1) is 0 Å². The highest BCUT2D eigenvalue weighted by atomic mass is 19.3.